The lowest BCUT2D eigenvalue weighted by molar-refractivity contribution is -0.122. The second-order valence-electron chi connectivity index (χ2n) is 7.38. The molecule has 1 fully saturated rings. The van der Waals surface area contributed by atoms with Gasteiger partial charge in [-0.05, 0) is 48.9 Å². The van der Waals surface area contributed by atoms with Crippen LogP contribution in [-0.2, 0) is 11.3 Å². The summed E-state index contributed by atoms with van der Waals surface area (Å²) in [7, 11) is 0. The third-order valence-electron chi connectivity index (χ3n) is 5.05. The van der Waals surface area contributed by atoms with Crippen LogP contribution in [-0.4, -0.2) is 29.9 Å². The molecule has 3 nitrogen and oxygen atoms in total. The van der Waals surface area contributed by atoms with Crippen molar-refractivity contribution in [3.05, 3.63) is 52.0 Å². The lowest BCUT2D eigenvalue weighted by Crippen LogP contribution is -2.48. The van der Waals surface area contributed by atoms with E-state index < -0.39 is 0 Å². The Kier molecular flexibility index (Phi) is 6.09. The van der Waals surface area contributed by atoms with Crippen LogP contribution in [0.5, 0.6) is 0 Å². The number of thiophene rings is 1. The van der Waals surface area contributed by atoms with Crippen LogP contribution in [0.2, 0.25) is 0 Å². The third-order valence-corrected chi connectivity index (χ3v) is 5.91. The molecule has 0 atom stereocenters. The van der Waals surface area contributed by atoms with Gasteiger partial charge in [-0.1, -0.05) is 26.0 Å². The van der Waals surface area contributed by atoms with Crippen LogP contribution in [0.3, 0.4) is 0 Å². The number of hydrogen-bond acceptors (Lipinski definition) is 3. The number of carbonyl (C=O) groups is 1. The molecule has 5 heteroatoms. The van der Waals surface area contributed by atoms with Gasteiger partial charge in [-0.15, -0.1) is 11.3 Å². The van der Waals surface area contributed by atoms with E-state index in [-0.39, 0.29) is 23.7 Å². The molecule has 2 heterocycles. The first-order chi connectivity index (χ1) is 12.5. The van der Waals surface area contributed by atoms with E-state index in [9.17, 15) is 9.18 Å². The van der Waals surface area contributed by atoms with E-state index in [2.05, 4.69) is 22.4 Å². The van der Waals surface area contributed by atoms with Crippen LogP contribution < -0.4 is 4.90 Å². The fraction of sp³-hybridized carbons (Fsp3) is 0.476. The van der Waals surface area contributed by atoms with Crippen LogP contribution >= 0.6 is 11.3 Å². The Balaban J connectivity index is 1.73. The molecular formula is C21H27FN2OS. The normalized spacial score (nSPS) is 16.2. The number of amides is 1. The average Bonchev–Trinajstić information content (AvgIpc) is 3.12. The van der Waals surface area contributed by atoms with Gasteiger partial charge in [-0.2, -0.15) is 0 Å². The smallest absolute Gasteiger partial charge is 0.229 e. The van der Waals surface area contributed by atoms with Gasteiger partial charge < -0.3 is 4.90 Å². The minimum atomic E-state index is -0.251. The first-order valence-electron chi connectivity index (χ1n) is 9.29. The number of halogens is 1. The van der Waals surface area contributed by atoms with Gasteiger partial charge in [-0.3, -0.25) is 9.69 Å². The van der Waals surface area contributed by atoms with Crippen molar-refractivity contribution in [2.45, 2.75) is 46.2 Å². The second kappa shape index (κ2) is 8.31. The number of nitrogens with zero attached hydrogens (tertiary/aromatic N) is 2. The lowest BCUT2D eigenvalue weighted by atomic mass is 9.99. The van der Waals surface area contributed by atoms with E-state index in [1.54, 1.807) is 24.3 Å². The van der Waals surface area contributed by atoms with Gasteiger partial charge in [-0.25, -0.2) is 4.39 Å². The maximum atomic E-state index is 14.1. The van der Waals surface area contributed by atoms with Crippen molar-refractivity contribution in [2.24, 2.45) is 5.92 Å². The van der Waals surface area contributed by atoms with Gasteiger partial charge in [0, 0.05) is 42.2 Å². The molecule has 0 aliphatic carbocycles. The predicted molar refractivity (Wildman–Crippen MR) is 106 cm³/mol. The van der Waals surface area contributed by atoms with Gasteiger partial charge in [0.05, 0.1) is 0 Å². The third kappa shape index (κ3) is 4.33. The lowest BCUT2D eigenvalue weighted by Gasteiger charge is -2.39. The van der Waals surface area contributed by atoms with Crippen LogP contribution in [0.15, 0.2) is 35.7 Å². The van der Waals surface area contributed by atoms with Gasteiger partial charge in [0.1, 0.15) is 5.82 Å². The molecule has 1 aliphatic rings. The Bertz CT molecular complexity index is 736. The molecule has 1 aromatic carbocycles. The number of likely N-dealkylation sites (tertiary alicyclic amines) is 1. The van der Waals surface area contributed by atoms with Crippen molar-refractivity contribution < 1.29 is 9.18 Å². The highest BCUT2D eigenvalue weighted by Gasteiger charge is 2.30. The highest BCUT2D eigenvalue weighted by molar-refractivity contribution is 7.09. The Hall–Kier alpha value is -1.72. The zero-order valence-electron chi connectivity index (χ0n) is 15.7. The van der Waals surface area contributed by atoms with Gasteiger partial charge in [0.25, 0.3) is 0 Å². The van der Waals surface area contributed by atoms with Crippen LogP contribution in [0.25, 0.3) is 0 Å². The summed E-state index contributed by atoms with van der Waals surface area (Å²) < 4.78 is 14.1. The van der Waals surface area contributed by atoms with Crippen LogP contribution in [0, 0.1) is 18.7 Å². The molecule has 1 aliphatic heterocycles. The number of anilines is 1. The van der Waals surface area contributed by atoms with E-state index in [1.807, 2.05) is 24.8 Å². The molecule has 2 aromatic rings. The van der Waals surface area contributed by atoms with E-state index in [0.29, 0.717) is 11.3 Å². The van der Waals surface area contributed by atoms with Crippen molar-refractivity contribution in [1.82, 2.24) is 4.90 Å². The number of piperidine rings is 1. The maximum Gasteiger partial charge on any atom is 0.229 e. The van der Waals surface area contributed by atoms with Crippen molar-refractivity contribution >= 4 is 22.9 Å². The maximum absolute atomic E-state index is 14.1. The van der Waals surface area contributed by atoms with E-state index in [4.69, 9.17) is 0 Å². The Labute approximate surface area is 159 Å². The summed E-state index contributed by atoms with van der Waals surface area (Å²) in [4.78, 5) is 18.5. The summed E-state index contributed by atoms with van der Waals surface area (Å²) in [5, 5.41) is 2.11. The van der Waals surface area contributed by atoms with Gasteiger partial charge in [0.2, 0.25) is 5.91 Å². The number of carbonyl (C=O) groups excluding carboxylic acids is 1. The molecule has 1 amide bonds. The molecular weight excluding hydrogens is 347 g/mol. The van der Waals surface area contributed by atoms with Crippen molar-refractivity contribution in [3.8, 4) is 0 Å². The van der Waals surface area contributed by atoms with E-state index in [0.717, 1.165) is 32.5 Å². The number of hydrogen-bond donors (Lipinski definition) is 0. The number of aryl methyl sites for hydroxylation is 1. The molecule has 0 saturated carbocycles. The van der Waals surface area contributed by atoms with E-state index >= 15 is 0 Å². The van der Waals surface area contributed by atoms with Crippen molar-refractivity contribution in [1.29, 1.82) is 0 Å². The molecule has 3 rings (SSSR count). The Morgan fingerprint density at radius 1 is 1.31 bits per heavy atom. The summed E-state index contributed by atoms with van der Waals surface area (Å²) in [5.41, 5.74) is 1.29. The first-order valence-corrected chi connectivity index (χ1v) is 10.2. The number of rotatable bonds is 5. The Morgan fingerprint density at radius 3 is 2.62 bits per heavy atom. The fourth-order valence-electron chi connectivity index (χ4n) is 3.49. The summed E-state index contributed by atoms with van der Waals surface area (Å²) in [6.45, 7) is 8.45. The zero-order chi connectivity index (χ0) is 18.7. The summed E-state index contributed by atoms with van der Waals surface area (Å²) in [6, 6.07) is 9.52. The molecule has 0 spiro atoms. The minimum absolute atomic E-state index is 0.0740. The van der Waals surface area contributed by atoms with Crippen molar-refractivity contribution in [2.75, 3.05) is 18.0 Å². The largest absolute Gasteiger partial charge is 0.309 e. The van der Waals surface area contributed by atoms with Crippen LogP contribution in [0.4, 0.5) is 10.1 Å². The average molecular weight is 375 g/mol. The monoisotopic (exact) mass is 374 g/mol. The summed E-state index contributed by atoms with van der Waals surface area (Å²) in [6.07, 6.45) is 1.83. The van der Waals surface area contributed by atoms with Crippen LogP contribution in [0.1, 0.15) is 37.1 Å². The molecule has 0 N–H and O–H groups in total. The highest BCUT2D eigenvalue weighted by atomic mass is 32.1. The fourth-order valence-corrected chi connectivity index (χ4v) is 4.23. The van der Waals surface area contributed by atoms with Crippen molar-refractivity contribution in [3.63, 3.8) is 0 Å². The number of benzene rings is 1. The van der Waals surface area contributed by atoms with E-state index in [1.165, 1.54) is 10.9 Å². The minimum Gasteiger partial charge on any atom is -0.309 e. The molecule has 26 heavy (non-hydrogen) atoms. The first kappa shape index (κ1) is 19.1. The molecule has 1 saturated heterocycles. The predicted octanol–water partition coefficient (Wildman–Crippen LogP) is 4.85. The molecule has 140 valence electrons. The molecule has 0 unspecified atom stereocenters. The Morgan fingerprint density at radius 2 is 2.04 bits per heavy atom. The summed E-state index contributed by atoms with van der Waals surface area (Å²) in [5.74, 6) is -0.285. The topological polar surface area (TPSA) is 23.6 Å². The summed E-state index contributed by atoms with van der Waals surface area (Å²) >= 11 is 1.78. The standard InChI is InChI=1S/C21H27FN2OS/c1-15(2)21(25)24(18-7-6-16(3)20(22)13-18)17-8-10-23(11-9-17)14-19-5-4-12-26-19/h4-7,12-13,15,17H,8-11,14H2,1-3H3. The highest BCUT2D eigenvalue weighted by Crippen LogP contribution is 2.28. The quantitative estimate of drug-likeness (QED) is 0.747. The zero-order valence-corrected chi connectivity index (χ0v) is 16.6. The second-order valence-corrected chi connectivity index (χ2v) is 8.42. The molecule has 0 radical (unpaired) electrons. The SMILES string of the molecule is Cc1ccc(N(C(=O)C(C)C)C2CCN(Cc3cccs3)CC2)cc1F. The van der Waals surface area contributed by atoms with Gasteiger partial charge in [0.15, 0.2) is 0 Å². The van der Waals surface area contributed by atoms with Gasteiger partial charge >= 0.3 is 0 Å². The molecule has 0 bridgehead atoms. The molecule has 1 aromatic heterocycles.